The average molecular weight is 285 g/mol. The first-order chi connectivity index (χ1) is 10.3. The van der Waals surface area contributed by atoms with Gasteiger partial charge < -0.3 is 10.1 Å². The Morgan fingerprint density at radius 3 is 2.81 bits per heavy atom. The Bertz CT molecular complexity index is 579. The van der Waals surface area contributed by atoms with Gasteiger partial charge >= 0.3 is 0 Å². The lowest BCUT2D eigenvalue weighted by Gasteiger charge is -2.15. The normalized spacial score (nSPS) is 21.8. The predicted molar refractivity (Wildman–Crippen MR) is 83.6 cm³/mol. The van der Waals surface area contributed by atoms with Gasteiger partial charge in [-0.3, -0.25) is 4.57 Å². The van der Waals surface area contributed by atoms with Crippen molar-refractivity contribution >= 4 is 0 Å². The molecule has 3 rings (SSSR count). The van der Waals surface area contributed by atoms with Gasteiger partial charge in [0.15, 0.2) is 0 Å². The summed E-state index contributed by atoms with van der Waals surface area (Å²) < 4.78 is 7.65. The van der Waals surface area contributed by atoms with Crippen LogP contribution < -0.4 is 5.32 Å². The number of aromatic nitrogens is 2. The summed E-state index contributed by atoms with van der Waals surface area (Å²) >= 11 is 0. The Balaban J connectivity index is 1.70. The fraction of sp³-hybridized carbons (Fsp3) is 0.471. The third-order valence-corrected chi connectivity index (χ3v) is 4.32. The minimum Gasteiger partial charge on any atom is -0.381 e. The molecule has 2 aromatic rings. The van der Waals surface area contributed by atoms with Gasteiger partial charge in [-0.2, -0.15) is 0 Å². The highest BCUT2D eigenvalue weighted by atomic mass is 16.5. The van der Waals surface area contributed by atoms with E-state index >= 15 is 0 Å². The van der Waals surface area contributed by atoms with Crippen LogP contribution in [0.1, 0.15) is 30.8 Å². The summed E-state index contributed by atoms with van der Waals surface area (Å²) in [5.74, 6) is 1.03. The molecule has 4 heteroatoms. The molecule has 0 saturated heterocycles. The molecule has 1 saturated carbocycles. The molecule has 1 heterocycles. The van der Waals surface area contributed by atoms with Crippen molar-refractivity contribution in [2.75, 3.05) is 7.11 Å². The van der Waals surface area contributed by atoms with Crippen molar-refractivity contribution < 1.29 is 4.74 Å². The van der Waals surface area contributed by atoms with Crippen LogP contribution in [0.2, 0.25) is 0 Å². The molecule has 1 aliphatic carbocycles. The molecule has 0 aliphatic heterocycles. The minimum absolute atomic E-state index is 0.420. The maximum Gasteiger partial charge on any atom is 0.110 e. The maximum absolute atomic E-state index is 5.43. The molecular weight excluding hydrogens is 262 g/mol. The smallest absolute Gasteiger partial charge is 0.110 e. The number of benzene rings is 1. The molecule has 4 nitrogen and oxygen atoms in total. The van der Waals surface area contributed by atoms with E-state index in [0.29, 0.717) is 12.1 Å². The third kappa shape index (κ3) is 3.17. The van der Waals surface area contributed by atoms with E-state index in [1.807, 2.05) is 19.2 Å². The first-order valence-electron chi connectivity index (χ1n) is 7.62. The van der Waals surface area contributed by atoms with Crippen LogP contribution in [0.5, 0.6) is 0 Å². The van der Waals surface area contributed by atoms with Crippen LogP contribution in [0.4, 0.5) is 0 Å². The predicted octanol–water partition coefficient (Wildman–Crippen LogP) is 2.84. The van der Waals surface area contributed by atoms with E-state index in [4.69, 9.17) is 4.74 Å². The number of nitrogens with zero attached hydrogens (tertiary/aromatic N) is 2. The van der Waals surface area contributed by atoms with Crippen molar-refractivity contribution in [2.24, 2.45) is 0 Å². The fourth-order valence-corrected chi connectivity index (χ4v) is 3.13. The van der Waals surface area contributed by atoms with Gasteiger partial charge in [-0.05, 0) is 38.3 Å². The summed E-state index contributed by atoms with van der Waals surface area (Å²) in [5.41, 5.74) is 2.38. The van der Waals surface area contributed by atoms with Crippen molar-refractivity contribution in [3.05, 3.63) is 48.0 Å². The van der Waals surface area contributed by atoms with Gasteiger partial charge in [-0.25, -0.2) is 4.98 Å². The molecule has 0 amide bonds. The number of ether oxygens (including phenoxy) is 1. The van der Waals surface area contributed by atoms with E-state index < -0.39 is 0 Å². The SMILES string of the molecule is COC1CCC(NCc2cnc(C)n2-c2ccccc2)C1. The number of hydrogen-bond acceptors (Lipinski definition) is 3. The third-order valence-electron chi connectivity index (χ3n) is 4.32. The van der Waals surface area contributed by atoms with Gasteiger partial charge in [0.2, 0.25) is 0 Å². The number of nitrogens with one attached hydrogen (secondary N) is 1. The molecule has 1 fully saturated rings. The van der Waals surface area contributed by atoms with Gasteiger partial charge in [0, 0.05) is 25.4 Å². The molecule has 2 atom stereocenters. The van der Waals surface area contributed by atoms with E-state index in [0.717, 1.165) is 25.2 Å². The largest absolute Gasteiger partial charge is 0.381 e. The number of para-hydroxylation sites is 1. The zero-order chi connectivity index (χ0) is 14.7. The molecule has 1 aromatic heterocycles. The highest BCUT2D eigenvalue weighted by Crippen LogP contribution is 2.22. The van der Waals surface area contributed by atoms with Gasteiger partial charge in [0.25, 0.3) is 0 Å². The summed E-state index contributed by atoms with van der Waals surface area (Å²) in [6.07, 6.45) is 5.85. The van der Waals surface area contributed by atoms with Crippen LogP contribution in [-0.4, -0.2) is 28.8 Å². The van der Waals surface area contributed by atoms with Crippen molar-refractivity contribution in [2.45, 2.75) is 44.9 Å². The zero-order valence-electron chi connectivity index (χ0n) is 12.7. The quantitative estimate of drug-likeness (QED) is 0.918. The Morgan fingerprint density at radius 1 is 1.29 bits per heavy atom. The lowest BCUT2D eigenvalue weighted by molar-refractivity contribution is 0.107. The van der Waals surface area contributed by atoms with Gasteiger partial charge in [-0.1, -0.05) is 18.2 Å². The van der Waals surface area contributed by atoms with E-state index in [1.54, 1.807) is 7.11 Å². The molecule has 112 valence electrons. The summed E-state index contributed by atoms with van der Waals surface area (Å²) in [5, 5.41) is 3.64. The van der Waals surface area contributed by atoms with Crippen LogP contribution in [0.3, 0.4) is 0 Å². The first-order valence-corrected chi connectivity index (χ1v) is 7.62. The van der Waals surface area contributed by atoms with Crippen LogP contribution in [0, 0.1) is 6.92 Å². The van der Waals surface area contributed by atoms with E-state index in [9.17, 15) is 0 Å². The van der Waals surface area contributed by atoms with Gasteiger partial charge in [0.1, 0.15) is 5.82 Å². The lowest BCUT2D eigenvalue weighted by atomic mass is 10.2. The topological polar surface area (TPSA) is 39.1 Å². The lowest BCUT2D eigenvalue weighted by Crippen LogP contribution is -2.27. The molecule has 21 heavy (non-hydrogen) atoms. The van der Waals surface area contributed by atoms with Crippen molar-refractivity contribution in [1.82, 2.24) is 14.9 Å². The number of rotatable bonds is 5. The van der Waals surface area contributed by atoms with Crippen LogP contribution >= 0.6 is 0 Å². The number of hydrogen-bond donors (Lipinski definition) is 1. The number of methoxy groups -OCH3 is 1. The van der Waals surface area contributed by atoms with Crippen LogP contribution in [0.15, 0.2) is 36.5 Å². The van der Waals surface area contributed by atoms with E-state index in [1.165, 1.54) is 17.8 Å². The van der Waals surface area contributed by atoms with E-state index in [2.05, 4.69) is 39.1 Å². The number of imidazole rings is 1. The monoisotopic (exact) mass is 285 g/mol. The molecular formula is C17H23N3O. The average Bonchev–Trinajstić information content (AvgIpc) is 3.12. The molecule has 0 bridgehead atoms. The Labute approximate surface area is 126 Å². The standard InChI is InChI=1S/C17H23N3O/c1-13-18-11-16(20(13)15-6-4-3-5-7-15)12-19-14-8-9-17(10-14)21-2/h3-7,11,14,17,19H,8-10,12H2,1-2H3. The zero-order valence-corrected chi connectivity index (χ0v) is 12.7. The molecule has 1 aliphatic rings. The van der Waals surface area contributed by atoms with Crippen LogP contribution in [-0.2, 0) is 11.3 Å². The second kappa shape index (κ2) is 6.41. The molecule has 2 unspecified atom stereocenters. The highest BCUT2D eigenvalue weighted by molar-refractivity contribution is 5.35. The molecule has 0 spiro atoms. The molecule has 1 N–H and O–H groups in total. The Hall–Kier alpha value is -1.65. The van der Waals surface area contributed by atoms with Crippen molar-refractivity contribution in [3.63, 3.8) is 0 Å². The summed E-state index contributed by atoms with van der Waals surface area (Å²) in [4.78, 5) is 4.47. The summed E-state index contributed by atoms with van der Waals surface area (Å²) in [6, 6.07) is 11.0. The van der Waals surface area contributed by atoms with E-state index in [-0.39, 0.29) is 0 Å². The second-order valence-corrected chi connectivity index (χ2v) is 5.72. The number of aryl methyl sites for hydroxylation is 1. The minimum atomic E-state index is 0.420. The molecule has 1 aromatic carbocycles. The van der Waals surface area contributed by atoms with Crippen molar-refractivity contribution in [3.8, 4) is 5.69 Å². The Kier molecular flexibility index (Phi) is 4.36. The fourth-order valence-electron chi connectivity index (χ4n) is 3.13. The Morgan fingerprint density at radius 2 is 2.10 bits per heavy atom. The first kappa shape index (κ1) is 14.3. The van der Waals surface area contributed by atoms with Gasteiger partial charge in [-0.15, -0.1) is 0 Å². The van der Waals surface area contributed by atoms with Crippen LogP contribution in [0.25, 0.3) is 5.69 Å². The van der Waals surface area contributed by atoms with Crippen molar-refractivity contribution in [1.29, 1.82) is 0 Å². The summed E-state index contributed by atoms with van der Waals surface area (Å²) in [6.45, 7) is 2.89. The second-order valence-electron chi connectivity index (χ2n) is 5.72. The summed E-state index contributed by atoms with van der Waals surface area (Å²) in [7, 11) is 1.81. The van der Waals surface area contributed by atoms with Gasteiger partial charge in [0.05, 0.1) is 18.0 Å². The maximum atomic E-state index is 5.43. The molecule has 0 radical (unpaired) electrons. The highest BCUT2D eigenvalue weighted by Gasteiger charge is 2.24.